The van der Waals surface area contributed by atoms with Gasteiger partial charge in [0.15, 0.2) is 5.82 Å². The summed E-state index contributed by atoms with van der Waals surface area (Å²) in [4.78, 5) is 11.4. The summed E-state index contributed by atoms with van der Waals surface area (Å²) >= 11 is 0. The number of phenols is 1. The van der Waals surface area contributed by atoms with Crippen LogP contribution in [0.1, 0.15) is 12.0 Å². The molecule has 4 rings (SSSR count). The van der Waals surface area contributed by atoms with E-state index in [4.69, 9.17) is 4.74 Å². The highest BCUT2D eigenvalue weighted by molar-refractivity contribution is 7.92. The summed E-state index contributed by atoms with van der Waals surface area (Å²) in [5.41, 5.74) is 0.243. The topological polar surface area (TPSA) is 120 Å². The summed E-state index contributed by atoms with van der Waals surface area (Å²) in [6.07, 6.45) is 1.37. The molecule has 27 heavy (non-hydrogen) atoms. The summed E-state index contributed by atoms with van der Waals surface area (Å²) in [6.45, 7) is 2.49. The van der Waals surface area contributed by atoms with Crippen molar-refractivity contribution in [1.29, 1.82) is 0 Å². The smallest absolute Gasteiger partial charge is 0.326 e. The molecule has 0 saturated carbocycles. The largest absolute Gasteiger partial charge is 0.506 e. The summed E-state index contributed by atoms with van der Waals surface area (Å²) in [7, 11) is -4.20. The highest BCUT2D eigenvalue weighted by Gasteiger charge is 2.39. The number of rotatable bonds is 6. The number of nitrogens with one attached hydrogen (secondary N) is 3. The second kappa shape index (κ2) is 6.80. The standard InChI is InChI=1S/C16H21FN4O5S/c17-15-11-3-10(5-18-2-1-9-7-26-8-9)19-12(11)4-13(22)16(15)21-6-14(23)20-27(21,24)25/h4,9-10,18-19,22H,1-3,5-8H2,(H,20,23). The molecule has 1 aromatic rings. The van der Waals surface area contributed by atoms with Crippen molar-refractivity contribution in [2.75, 3.05) is 42.5 Å². The molecule has 1 amide bonds. The monoisotopic (exact) mass is 400 g/mol. The average Bonchev–Trinajstić information content (AvgIpc) is 3.05. The number of hydrogen-bond acceptors (Lipinski definition) is 7. The molecule has 4 N–H and O–H groups in total. The van der Waals surface area contributed by atoms with Crippen LogP contribution < -0.4 is 19.7 Å². The minimum absolute atomic E-state index is 0.0725. The minimum atomic E-state index is -4.20. The third kappa shape index (κ3) is 3.42. The summed E-state index contributed by atoms with van der Waals surface area (Å²) in [5, 5.41) is 16.6. The number of aromatic hydroxyl groups is 1. The molecule has 3 aliphatic heterocycles. The van der Waals surface area contributed by atoms with Gasteiger partial charge in [-0.2, -0.15) is 8.42 Å². The van der Waals surface area contributed by atoms with Crippen molar-refractivity contribution in [2.45, 2.75) is 18.9 Å². The number of hydrogen-bond donors (Lipinski definition) is 4. The van der Waals surface area contributed by atoms with E-state index in [0.717, 1.165) is 26.2 Å². The van der Waals surface area contributed by atoms with Crippen LogP contribution in [0.5, 0.6) is 5.75 Å². The van der Waals surface area contributed by atoms with Crippen molar-refractivity contribution in [2.24, 2.45) is 5.92 Å². The van der Waals surface area contributed by atoms with Crippen molar-refractivity contribution in [3.05, 3.63) is 17.4 Å². The van der Waals surface area contributed by atoms with E-state index in [1.807, 2.05) is 0 Å². The fraction of sp³-hybridized carbons (Fsp3) is 0.562. The molecule has 0 spiro atoms. The van der Waals surface area contributed by atoms with Gasteiger partial charge in [-0.1, -0.05) is 0 Å². The van der Waals surface area contributed by atoms with Crippen molar-refractivity contribution >= 4 is 27.5 Å². The van der Waals surface area contributed by atoms with Gasteiger partial charge in [-0.3, -0.25) is 4.79 Å². The number of fused-ring (bicyclic) bond motifs is 1. The van der Waals surface area contributed by atoms with E-state index in [9.17, 15) is 22.7 Å². The zero-order valence-corrected chi connectivity index (χ0v) is 15.3. The quantitative estimate of drug-likeness (QED) is 0.483. The molecular weight excluding hydrogens is 379 g/mol. The van der Waals surface area contributed by atoms with Crippen LogP contribution in [-0.2, 0) is 26.2 Å². The van der Waals surface area contributed by atoms with Gasteiger partial charge in [0, 0.05) is 35.8 Å². The molecule has 0 aliphatic carbocycles. The molecule has 0 bridgehead atoms. The van der Waals surface area contributed by atoms with Gasteiger partial charge < -0.3 is 20.5 Å². The Kier molecular flexibility index (Phi) is 4.60. The van der Waals surface area contributed by atoms with E-state index in [0.29, 0.717) is 34.4 Å². The molecule has 9 nitrogen and oxygen atoms in total. The van der Waals surface area contributed by atoms with E-state index >= 15 is 0 Å². The van der Waals surface area contributed by atoms with Crippen LogP contribution in [0.2, 0.25) is 0 Å². The van der Waals surface area contributed by atoms with Crippen LogP contribution in [0.3, 0.4) is 0 Å². The zero-order chi connectivity index (χ0) is 19.2. The number of carbonyl (C=O) groups excluding carboxylic acids is 1. The van der Waals surface area contributed by atoms with Gasteiger partial charge in [-0.25, -0.2) is 13.4 Å². The number of nitrogens with zero attached hydrogens (tertiary/aromatic N) is 1. The van der Waals surface area contributed by atoms with E-state index in [2.05, 4.69) is 10.6 Å². The second-order valence-corrected chi connectivity index (χ2v) is 8.66. The number of benzene rings is 1. The van der Waals surface area contributed by atoms with Gasteiger partial charge in [0.1, 0.15) is 18.0 Å². The second-order valence-electron chi connectivity index (χ2n) is 7.06. The van der Waals surface area contributed by atoms with Gasteiger partial charge in [0.05, 0.1) is 13.2 Å². The Morgan fingerprint density at radius 2 is 2.19 bits per heavy atom. The normalized spacial score (nSPS) is 23.7. The predicted molar refractivity (Wildman–Crippen MR) is 95.4 cm³/mol. The van der Waals surface area contributed by atoms with Gasteiger partial charge in [-0.15, -0.1) is 0 Å². The van der Waals surface area contributed by atoms with Gasteiger partial charge in [0.25, 0.3) is 5.91 Å². The molecule has 1 atom stereocenters. The molecule has 1 aromatic carbocycles. The van der Waals surface area contributed by atoms with Gasteiger partial charge in [0.2, 0.25) is 0 Å². The van der Waals surface area contributed by atoms with Crippen LogP contribution in [-0.4, -0.2) is 58.3 Å². The summed E-state index contributed by atoms with van der Waals surface area (Å²) in [5.74, 6) is -1.53. The van der Waals surface area contributed by atoms with E-state index in [-0.39, 0.29) is 6.04 Å². The molecule has 3 aliphatic rings. The van der Waals surface area contributed by atoms with Crippen LogP contribution in [0.15, 0.2) is 6.07 Å². The number of phenolic OH excluding ortho intramolecular Hbond substituents is 1. The maximum atomic E-state index is 15.0. The highest BCUT2D eigenvalue weighted by Crippen LogP contribution is 2.41. The lowest BCUT2D eigenvalue weighted by atomic mass is 10.0. The van der Waals surface area contributed by atoms with Crippen LogP contribution in [0.4, 0.5) is 15.8 Å². The van der Waals surface area contributed by atoms with Crippen molar-refractivity contribution in [1.82, 2.24) is 10.0 Å². The third-order valence-electron chi connectivity index (χ3n) is 5.03. The Morgan fingerprint density at radius 1 is 1.41 bits per heavy atom. The fourth-order valence-corrected chi connectivity index (χ4v) is 4.72. The summed E-state index contributed by atoms with van der Waals surface area (Å²) in [6, 6.07) is 1.23. The number of anilines is 2. The molecule has 0 radical (unpaired) electrons. The Morgan fingerprint density at radius 3 is 2.81 bits per heavy atom. The molecule has 1 unspecified atom stereocenters. The third-order valence-corrected chi connectivity index (χ3v) is 6.41. The Labute approximate surface area is 156 Å². The minimum Gasteiger partial charge on any atom is -0.506 e. The molecule has 3 heterocycles. The molecule has 2 saturated heterocycles. The predicted octanol–water partition coefficient (Wildman–Crippen LogP) is -0.325. The molecule has 11 heteroatoms. The first-order valence-corrected chi connectivity index (χ1v) is 10.2. The average molecular weight is 400 g/mol. The number of carbonyl (C=O) groups is 1. The number of halogens is 1. The SMILES string of the molecule is O=C1CN(c2c(O)cc3c(c2F)CC(CNCCC2COC2)N3)S(=O)(=O)N1. The first-order chi connectivity index (χ1) is 12.8. The maximum absolute atomic E-state index is 15.0. The fourth-order valence-electron chi connectivity index (χ4n) is 3.55. The number of amides is 1. The van der Waals surface area contributed by atoms with Gasteiger partial charge in [-0.05, 0) is 19.4 Å². The van der Waals surface area contributed by atoms with E-state index < -0.39 is 39.9 Å². The lowest BCUT2D eigenvalue weighted by molar-refractivity contribution is -0.117. The van der Waals surface area contributed by atoms with Crippen molar-refractivity contribution in [3.63, 3.8) is 0 Å². The van der Waals surface area contributed by atoms with Crippen LogP contribution >= 0.6 is 0 Å². The lowest BCUT2D eigenvalue weighted by Crippen LogP contribution is -2.35. The maximum Gasteiger partial charge on any atom is 0.326 e. The van der Waals surface area contributed by atoms with E-state index in [1.54, 1.807) is 4.72 Å². The Balaban J connectivity index is 1.46. The van der Waals surface area contributed by atoms with Crippen LogP contribution in [0, 0.1) is 11.7 Å². The molecule has 148 valence electrons. The first-order valence-electron chi connectivity index (χ1n) is 8.78. The zero-order valence-electron chi connectivity index (χ0n) is 14.5. The Hall–Kier alpha value is -2.11. The van der Waals surface area contributed by atoms with Gasteiger partial charge >= 0.3 is 10.2 Å². The van der Waals surface area contributed by atoms with E-state index in [1.165, 1.54) is 6.07 Å². The number of ether oxygens (including phenoxy) is 1. The van der Waals surface area contributed by atoms with Crippen molar-refractivity contribution < 1.29 is 27.4 Å². The van der Waals surface area contributed by atoms with Crippen molar-refractivity contribution in [3.8, 4) is 5.75 Å². The molecule has 0 aromatic heterocycles. The first kappa shape index (κ1) is 18.3. The van der Waals surface area contributed by atoms with Crippen LogP contribution in [0.25, 0.3) is 0 Å². The molecule has 2 fully saturated rings. The Bertz CT molecular complexity index is 874. The lowest BCUT2D eigenvalue weighted by Gasteiger charge is -2.26. The highest BCUT2D eigenvalue weighted by atomic mass is 32.2. The summed E-state index contributed by atoms with van der Waals surface area (Å²) < 4.78 is 46.4. The molecular formula is C16H21FN4O5S.